The number of Topliss-reactive ketones (excluding diaryl/α,β-unsaturated/α-hetero) is 1. The highest BCUT2D eigenvalue weighted by Gasteiger charge is 2.08. The summed E-state index contributed by atoms with van der Waals surface area (Å²) in [6.45, 7) is 1.49. The molecule has 2 aromatic carbocycles. The third-order valence-electron chi connectivity index (χ3n) is 4.39. The molecule has 4 aromatic rings. The van der Waals surface area contributed by atoms with E-state index in [9.17, 15) is 9.59 Å². The fraction of sp³-hybridized carbons (Fsp3) is 0.0455. The lowest BCUT2D eigenvalue weighted by molar-refractivity contribution is 0.101. The SMILES string of the molecule is CC(=O)c1ccc(C(=O)Nc2ccc(Nc3cc(-n4ccnc4)ncn3)cc2)cc1. The van der Waals surface area contributed by atoms with E-state index in [-0.39, 0.29) is 11.7 Å². The molecule has 0 fully saturated rings. The Morgan fingerprint density at radius 3 is 2.27 bits per heavy atom. The van der Waals surface area contributed by atoms with Crippen molar-refractivity contribution in [3.8, 4) is 5.82 Å². The highest BCUT2D eigenvalue weighted by atomic mass is 16.1. The zero-order chi connectivity index (χ0) is 20.9. The highest BCUT2D eigenvalue weighted by Crippen LogP contribution is 2.19. The average Bonchev–Trinajstić information content (AvgIpc) is 3.30. The average molecular weight is 398 g/mol. The molecule has 8 nitrogen and oxygen atoms in total. The number of ketones is 1. The van der Waals surface area contributed by atoms with Crippen molar-refractivity contribution in [2.45, 2.75) is 6.92 Å². The number of hydrogen-bond acceptors (Lipinski definition) is 6. The van der Waals surface area contributed by atoms with Crippen LogP contribution in [0.3, 0.4) is 0 Å². The smallest absolute Gasteiger partial charge is 0.255 e. The minimum Gasteiger partial charge on any atom is -0.340 e. The second-order valence-corrected chi connectivity index (χ2v) is 6.52. The first kappa shape index (κ1) is 19.0. The molecule has 0 aliphatic carbocycles. The number of rotatable bonds is 6. The maximum absolute atomic E-state index is 12.4. The van der Waals surface area contributed by atoms with E-state index >= 15 is 0 Å². The Hall–Kier alpha value is -4.33. The van der Waals surface area contributed by atoms with Crippen LogP contribution in [0.1, 0.15) is 27.6 Å². The van der Waals surface area contributed by atoms with Crippen molar-refractivity contribution in [3.05, 3.63) is 90.8 Å². The molecule has 0 radical (unpaired) electrons. The first-order valence-corrected chi connectivity index (χ1v) is 9.18. The zero-order valence-electron chi connectivity index (χ0n) is 16.1. The van der Waals surface area contributed by atoms with Gasteiger partial charge in [0.1, 0.15) is 24.3 Å². The molecule has 0 saturated heterocycles. The fourth-order valence-electron chi connectivity index (χ4n) is 2.80. The third-order valence-corrected chi connectivity index (χ3v) is 4.39. The number of imidazole rings is 1. The molecule has 2 aromatic heterocycles. The van der Waals surface area contributed by atoms with E-state index in [0.29, 0.717) is 28.5 Å². The van der Waals surface area contributed by atoms with E-state index < -0.39 is 0 Å². The second kappa shape index (κ2) is 8.36. The predicted octanol–water partition coefficient (Wildman–Crippen LogP) is 3.86. The largest absolute Gasteiger partial charge is 0.340 e. The maximum Gasteiger partial charge on any atom is 0.255 e. The molecule has 30 heavy (non-hydrogen) atoms. The number of amides is 1. The molecule has 1 amide bonds. The summed E-state index contributed by atoms with van der Waals surface area (Å²) in [6.07, 6.45) is 6.62. The van der Waals surface area contributed by atoms with Gasteiger partial charge in [-0.05, 0) is 43.3 Å². The number of nitrogens with one attached hydrogen (secondary N) is 2. The van der Waals surface area contributed by atoms with Gasteiger partial charge in [-0.15, -0.1) is 0 Å². The van der Waals surface area contributed by atoms with E-state index in [4.69, 9.17) is 0 Å². The molecule has 0 aliphatic rings. The molecule has 4 rings (SSSR count). The van der Waals surface area contributed by atoms with Crippen LogP contribution in [0.25, 0.3) is 5.82 Å². The van der Waals surface area contributed by atoms with Crippen LogP contribution in [0, 0.1) is 0 Å². The maximum atomic E-state index is 12.4. The Kier molecular flexibility index (Phi) is 5.29. The van der Waals surface area contributed by atoms with Crippen molar-refractivity contribution in [2.24, 2.45) is 0 Å². The van der Waals surface area contributed by atoms with Crippen molar-refractivity contribution in [3.63, 3.8) is 0 Å². The molecule has 0 aliphatic heterocycles. The summed E-state index contributed by atoms with van der Waals surface area (Å²) in [4.78, 5) is 36.2. The van der Waals surface area contributed by atoms with Gasteiger partial charge in [0.25, 0.3) is 5.91 Å². The standard InChI is InChI=1S/C22H18N6O2/c1-15(29)16-2-4-17(5-3-16)22(30)27-19-8-6-18(7-9-19)26-20-12-21(25-13-24-20)28-11-10-23-14-28/h2-14H,1H3,(H,27,30)(H,24,25,26). The number of benzene rings is 2. The van der Waals surface area contributed by atoms with Crippen LogP contribution in [-0.4, -0.2) is 31.2 Å². The number of nitrogens with zero attached hydrogens (tertiary/aromatic N) is 4. The van der Waals surface area contributed by atoms with E-state index in [1.54, 1.807) is 59.7 Å². The first-order valence-electron chi connectivity index (χ1n) is 9.18. The Morgan fingerprint density at radius 2 is 1.60 bits per heavy atom. The van der Waals surface area contributed by atoms with Crippen molar-refractivity contribution in [2.75, 3.05) is 10.6 Å². The molecule has 2 heterocycles. The van der Waals surface area contributed by atoms with Crippen molar-refractivity contribution >= 4 is 28.9 Å². The predicted molar refractivity (Wildman–Crippen MR) is 113 cm³/mol. The second-order valence-electron chi connectivity index (χ2n) is 6.52. The lowest BCUT2D eigenvalue weighted by Gasteiger charge is -2.09. The van der Waals surface area contributed by atoms with Crippen LogP contribution < -0.4 is 10.6 Å². The van der Waals surface area contributed by atoms with Crippen LogP contribution >= 0.6 is 0 Å². The first-order chi connectivity index (χ1) is 14.6. The molecule has 0 unspecified atom stereocenters. The van der Waals surface area contributed by atoms with E-state index in [1.165, 1.54) is 13.3 Å². The van der Waals surface area contributed by atoms with Crippen LogP contribution in [0.15, 0.2) is 79.6 Å². The van der Waals surface area contributed by atoms with Gasteiger partial charge in [-0.1, -0.05) is 12.1 Å². The lowest BCUT2D eigenvalue weighted by Crippen LogP contribution is -2.12. The molecule has 0 spiro atoms. The van der Waals surface area contributed by atoms with Crippen molar-refractivity contribution in [1.82, 2.24) is 19.5 Å². The number of hydrogen-bond donors (Lipinski definition) is 2. The van der Waals surface area contributed by atoms with Gasteiger partial charge in [-0.3, -0.25) is 14.2 Å². The molecular formula is C22H18N6O2. The van der Waals surface area contributed by atoms with Crippen LogP contribution in [0.4, 0.5) is 17.2 Å². The Balaban J connectivity index is 1.41. The van der Waals surface area contributed by atoms with Gasteiger partial charge in [0, 0.05) is 41.0 Å². The summed E-state index contributed by atoms with van der Waals surface area (Å²) in [5, 5.41) is 6.04. The molecule has 0 bridgehead atoms. The molecule has 148 valence electrons. The minimum atomic E-state index is -0.244. The normalized spacial score (nSPS) is 10.4. The molecule has 8 heteroatoms. The highest BCUT2D eigenvalue weighted by molar-refractivity contribution is 6.05. The fourth-order valence-corrected chi connectivity index (χ4v) is 2.80. The molecule has 0 atom stereocenters. The van der Waals surface area contributed by atoms with Crippen molar-refractivity contribution in [1.29, 1.82) is 0 Å². The van der Waals surface area contributed by atoms with Crippen molar-refractivity contribution < 1.29 is 9.59 Å². The topological polar surface area (TPSA) is 102 Å². The molecular weight excluding hydrogens is 380 g/mol. The summed E-state index contributed by atoms with van der Waals surface area (Å²) in [5.74, 6) is 1.05. The zero-order valence-corrected chi connectivity index (χ0v) is 16.1. The number of anilines is 3. The van der Waals surface area contributed by atoms with Gasteiger partial charge in [0.2, 0.25) is 0 Å². The van der Waals surface area contributed by atoms with Gasteiger partial charge in [0.15, 0.2) is 5.78 Å². The third kappa shape index (κ3) is 4.39. The van der Waals surface area contributed by atoms with Crippen LogP contribution in [-0.2, 0) is 0 Å². The summed E-state index contributed by atoms with van der Waals surface area (Å²) in [7, 11) is 0. The van der Waals surface area contributed by atoms with E-state index in [2.05, 4.69) is 25.6 Å². The van der Waals surface area contributed by atoms with Crippen LogP contribution in [0.5, 0.6) is 0 Å². The van der Waals surface area contributed by atoms with Crippen LogP contribution in [0.2, 0.25) is 0 Å². The summed E-state index contributed by atoms with van der Waals surface area (Å²) >= 11 is 0. The van der Waals surface area contributed by atoms with Gasteiger partial charge >= 0.3 is 0 Å². The van der Waals surface area contributed by atoms with E-state index in [1.807, 2.05) is 18.2 Å². The Morgan fingerprint density at radius 1 is 0.900 bits per heavy atom. The molecule has 0 saturated carbocycles. The minimum absolute atomic E-state index is 0.0362. The summed E-state index contributed by atoms with van der Waals surface area (Å²) in [6, 6.07) is 15.6. The number of aromatic nitrogens is 4. The number of carbonyl (C=O) groups excluding carboxylic acids is 2. The lowest BCUT2D eigenvalue weighted by atomic mass is 10.1. The Labute approximate surface area is 172 Å². The van der Waals surface area contributed by atoms with Gasteiger partial charge in [-0.2, -0.15) is 0 Å². The van der Waals surface area contributed by atoms with Gasteiger partial charge in [-0.25, -0.2) is 15.0 Å². The quantitative estimate of drug-likeness (QED) is 0.478. The monoisotopic (exact) mass is 398 g/mol. The Bertz CT molecular complexity index is 1170. The summed E-state index contributed by atoms with van der Waals surface area (Å²) < 4.78 is 1.79. The van der Waals surface area contributed by atoms with Gasteiger partial charge in [0.05, 0.1) is 0 Å². The van der Waals surface area contributed by atoms with E-state index in [0.717, 1.165) is 5.69 Å². The summed E-state index contributed by atoms with van der Waals surface area (Å²) in [5.41, 5.74) is 2.52. The molecule has 2 N–H and O–H groups in total. The van der Waals surface area contributed by atoms with Gasteiger partial charge < -0.3 is 10.6 Å². The number of carbonyl (C=O) groups is 2.